The van der Waals surface area contributed by atoms with E-state index in [0.717, 1.165) is 0 Å². The van der Waals surface area contributed by atoms with E-state index in [-0.39, 0.29) is 19.1 Å². The molecule has 0 saturated carbocycles. The van der Waals surface area contributed by atoms with Gasteiger partial charge in [0.15, 0.2) is 12.0 Å². The van der Waals surface area contributed by atoms with Crippen molar-refractivity contribution in [2.45, 2.75) is 12.4 Å². The minimum atomic E-state index is -0.436. The zero-order valence-electron chi connectivity index (χ0n) is 13.0. The van der Waals surface area contributed by atoms with Crippen molar-refractivity contribution in [2.75, 3.05) is 6.79 Å². The van der Waals surface area contributed by atoms with Gasteiger partial charge in [-0.25, -0.2) is 4.99 Å². The lowest BCUT2D eigenvalue weighted by Crippen LogP contribution is -2.14. The molecular weight excluding hydrogens is 366 g/mol. The smallest absolute Gasteiger partial charge is 0.270 e. The Labute approximate surface area is 152 Å². The molecule has 0 spiro atoms. The van der Waals surface area contributed by atoms with Gasteiger partial charge in [-0.15, -0.1) is 0 Å². The van der Waals surface area contributed by atoms with E-state index < -0.39 is 4.92 Å². The van der Waals surface area contributed by atoms with Gasteiger partial charge in [0.2, 0.25) is 0 Å². The first-order valence-corrected chi connectivity index (χ1v) is 8.62. The number of benzene rings is 2. The lowest BCUT2D eigenvalue weighted by molar-refractivity contribution is -0.385. The van der Waals surface area contributed by atoms with Crippen molar-refractivity contribution in [1.82, 2.24) is 0 Å². The van der Waals surface area contributed by atoms with Crippen molar-refractivity contribution in [3.05, 3.63) is 62.7 Å². The largest absolute Gasteiger partial charge is 0.467 e. The maximum absolute atomic E-state index is 11.1. The van der Waals surface area contributed by atoms with E-state index in [1.807, 2.05) is 0 Å². The first kappa shape index (κ1) is 17.5. The van der Waals surface area contributed by atoms with Crippen LogP contribution in [-0.4, -0.2) is 16.9 Å². The predicted octanol–water partition coefficient (Wildman–Crippen LogP) is 3.99. The number of aliphatic imine (C=N–C) groups is 1. The summed E-state index contributed by atoms with van der Waals surface area (Å²) in [5.41, 5.74) is 7.97. The van der Waals surface area contributed by atoms with Crippen molar-refractivity contribution in [2.24, 2.45) is 10.7 Å². The fraction of sp³-hybridized carbons (Fsp3) is 0.188. The normalized spacial score (nSPS) is 13.9. The van der Waals surface area contributed by atoms with Gasteiger partial charge in [0.05, 0.1) is 17.2 Å². The molecule has 1 aliphatic rings. The number of thioether (sulfide) groups is 1. The number of hydrogen-bond acceptors (Lipinski definition) is 6. The van der Waals surface area contributed by atoms with E-state index in [9.17, 15) is 10.1 Å². The lowest BCUT2D eigenvalue weighted by atomic mass is 10.1. The summed E-state index contributed by atoms with van der Waals surface area (Å²) in [6.07, 6.45) is 0. The average Bonchev–Trinajstić information content (AvgIpc) is 2.61. The van der Waals surface area contributed by atoms with E-state index in [1.165, 1.54) is 23.9 Å². The van der Waals surface area contributed by atoms with Crippen molar-refractivity contribution in [3.63, 3.8) is 0 Å². The molecule has 0 aliphatic carbocycles. The highest BCUT2D eigenvalue weighted by Gasteiger charge is 2.21. The summed E-state index contributed by atoms with van der Waals surface area (Å²) in [6.45, 7) is 0.403. The SMILES string of the molecule is NC(=Nc1ccc(Cl)cc1)SCc1cc([N+](=O)[O-])cc2c1OCOC2. The summed E-state index contributed by atoms with van der Waals surface area (Å²) in [4.78, 5) is 15.0. The maximum Gasteiger partial charge on any atom is 0.270 e. The fourth-order valence-corrected chi connectivity index (χ4v) is 3.13. The molecule has 2 aromatic carbocycles. The summed E-state index contributed by atoms with van der Waals surface area (Å²) in [7, 11) is 0. The zero-order chi connectivity index (χ0) is 17.8. The second kappa shape index (κ2) is 7.73. The van der Waals surface area contributed by atoms with E-state index in [2.05, 4.69) is 4.99 Å². The average molecular weight is 380 g/mol. The summed E-state index contributed by atoms with van der Waals surface area (Å²) in [6, 6.07) is 9.92. The Bertz CT molecular complexity index is 827. The molecule has 0 unspecified atom stereocenters. The second-order valence-electron chi connectivity index (χ2n) is 5.18. The van der Waals surface area contributed by atoms with Crippen LogP contribution in [-0.2, 0) is 17.1 Å². The molecular formula is C16H14ClN3O4S. The van der Waals surface area contributed by atoms with Crippen molar-refractivity contribution < 1.29 is 14.4 Å². The first-order chi connectivity index (χ1) is 12.0. The number of nitro groups is 1. The third-order valence-corrected chi connectivity index (χ3v) is 4.52. The standard InChI is InChI=1S/C16H14ClN3O4S/c17-12-1-3-13(4-2-12)19-16(18)25-8-11-6-14(20(21)22)5-10-7-23-9-24-15(10)11/h1-6H,7-9H2,(H2,18,19). The summed E-state index contributed by atoms with van der Waals surface area (Å²) >= 11 is 7.11. The van der Waals surface area contributed by atoms with Crippen LogP contribution >= 0.6 is 23.4 Å². The molecule has 25 heavy (non-hydrogen) atoms. The highest BCUT2D eigenvalue weighted by Crippen LogP contribution is 2.34. The molecule has 1 heterocycles. The van der Waals surface area contributed by atoms with Crippen molar-refractivity contribution >= 4 is 39.9 Å². The van der Waals surface area contributed by atoms with Gasteiger partial charge in [0, 0.05) is 34.0 Å². The van der Waals surface area contributed by atoms with Crippen LogP contribution in [0.4, 0.5) is 11.4 Å². The third kappa shape index (κ3) is 4.41. The highest BCUT2D eigenvalue weighted by atomic mass is 35.5. The minimum absolute atomic E-state index is 0.00309. The number of hydrogen-bond donors (Lipinski definition) is 1. The van der Waals surface area contributed by atoms with Crippen LogP contribution in [0.25, 0.3) is 0 Å². The van der Waals surface area contributed by atoms with Gasteiger partial charge in [-0.2, -0.15) is 0 Å². The summed E-state index contributed by atoms with van der Waals surface area (Å²) in [5, 5.41) is 12.1. The fourth-order valence-electron chi connectivity index (χ4n) is 2.32. The molecule has 0 amide bonds. The molecule has 0 atom stereocenters. The molecule has 0 saturated heterocycles. The Balaban J connectivity index is 1.79. The Kier molecular flexibility index (Phi) is 5.42. The molecule has 7 nitrogen and oxygen atoms in total. The van der Waals surface area contributed by atoms with Crippen LogP contribution in [0.5, 0.6) is 5.75 Å². The Hall–Kier alpha value is -2.29. The molecule has 9 heteroatoms. The number of halogens is 1. The second-order valence-corrected chi connectivity index (χ2v) is 6.61. The lowest BCUT2D eigenvalue weighted by Gasteiger charge is -2.20. The van der Waals surface area contributed by atoms with Gasteiger partial charge in [0.25, 0.3) is 5.69 Å². The van der Waals surface area contributed by atoms with E-state index >= 15 is 0 Å². The van der Waals surface area contributed by atoms with Gasteiger partial charge >= 0.3 is 0 Å². The van der Waals surface area contributed by atoms with Crippen LogP contribution in [0.3, 0.4) is 0 Å². The number of nitrogens with two attached hydrogens (primary N) is 1. The molecule has 1 aliphatic heterocycles. The molecule has 2 N–H and O–H groups in total. The Morgan fingerprint density at radius 2 is 2.12 bits per heavy atom. The van der Waals surface area contributed by atoms with E-state index in [0.29, 0.717) is 38.5 Å². The number of nitrogens with zero attached hydrogens (tertiary/aromatic N) is 2. The van der Waals surface area contributed by atoms with Crippen LogP contribution < -0.4 is 10.5 Å². The van der Waals surface area contributed by atoms with Gasteiger partial charge in [-0.05, 0) is 24.3 Å². The highest BCUT2D eigenvalue weighted by molar-refractivity contribution is 8.13. The number of ether oxygens (including phenoxy) is 2. The number of nitro benzene ring substituents is 1. The van der Waals surface area contributed by atoms with E-state index in [1.54, 1.807) is 24.3 Å². The van der Waals surface area contributed by atoms with Gasteiger partial charge < -0.3 is 15.2 Å². The molecule has 0 bridgehead atoms. The Morgan fingerprint density at radius 3 is 2.84 bits per heavy atom. The molecule has 130 valence electrons. The van der Waals surface area contributed by atoms with Gasteiger partial charge in [-0.1, -0.05) is 23.4 Å². The number of amidine groups is 1. The third-order valence-electron chi connectivity index (χ3n) is 3.42. The molecule has 0 fully saturated rings. The molecule has 3 rings (SSSR count). The van der Waals surface area contributed by atoms with Gasteiger partial charge in [-0.3, -0.25) is 10.1 Å². The Morgan fingerprint density at radius 1 is 1.36 bits per heavy atom. The first-order valence-electron chi connectivity index (χ1n) is 7.26. The quantitative estimate of drug-likeness (QED) is 0.373. The topological polar surface area (TPSA) is 100.0 Å². The van der Waals surface area contributed by atoms with Crippen molar-refractivity contribution in [1.29, 1.82) is 0 Å². The van der Waals surface area contributed by atoms with Gasteiger partial charge in [0.1, 0.15) is 5.75 Å². The number of rotatable bonds is 4. The molecule has 2 aromatic rings. The molecule has 0 aromatic heterocycles. The van der Waals surface area contributed by atoms with Crippen LogP contribution in [0.1, 0.15) is 11.1 Å². The monoisotopic (exact) mass is 379 g/mol. The summed E-state index contributed by atoms with van der Waals surface area (Å²) in [5.74, 6) is 1.01. The number of non-ortho nitro benzene ring substituents is 1. The maximum atomic E-state index is 11.1. The number of fused-ring (bicyclic) bond motifs is 1. The van der Waals surface area contributed by atoms with E-state index in [4.69, 9.17) is 26.8 Å². The van der Waals surface area contributed by atoms with Crippen LogP contribution in [0.2, 0.25) is 5.02 Å². The molecule has 0 radical (unpaired) electrons. The van der Waals surface area contributed by atoms with Crippen molar-refractivity contribution in [3.8, 4) is 5.75 Å². The summed E-state index contributed by atoms with van der Waals surface area (Å²) < 4.78 is 10.7. The predicted molar refractivity (Wildman–Crippen MR) is 97.4 cm³/mol. The van der Waals surface area contributed by atoms with Crippen LogP contribution in [0.15, 0.2) is 41.4 Å². The minimum Gasteiger partial charge on any atom is -0.467 e. The van der Waals surface area contributed by atoms with Crippen LogP contribution in [0, 0.1) is 10.1 Å². The zero-order valence-corrected chi connectivity index (χ0v) is 14.5.